The number of nitrogens with zero attached hydrogens (tertiary/aromatic N) is 3. The third-order valence-electron chi connectivity index (χ3n) is 6.34. The molecule has 1 fully saturated rings. The normalized spacial score (nSPS) is 13.4. The molecule has 1 saturated carbocycles. The summed E-state index contributed by atoms with van der Waals surface area (Å²) in [7, 11) is 2.98. The number of benzene rings is 1. The second-order valence-electron chi connectivity index (χ2n) is 9.12. The molecule has 3 aromatic heterocycles. The summed E-state index contributed by atoms with van der Waals surface area (Å²) < 4.78 is 49.8. The van der Waals surface area contributed by atoms with Crippen LogP contribution in [0, 0.1) is 17.0 Å². The Balaban J connectivity index is 1.29. The summed E-state index contributed by atoms with van der Waals surface area (Å²) >= 11 is 0. The van der Waals surface area contributed by atoms with Crippen LogP contribution in [0.25, 0.3) is 11.0 Å². The summed E-state index contributed by atoms with van der Waals surface area (Å²) in [5.41, 5.74) is -0.223. The SMILES string of the molecule is COCCOc1cc2nccc(Oc3ncc(NC(=O)C4(C(=O)Nc5ccc(F)cc5)CC4)cc3F)c2nc1OC. The van der Waals surface area contributed by atoms with Gasteiger partial charge in [0.25, 0.3) is 11.8 Å². The molecule has 0 spiro atoms. The van der Waals surface area contributed by atoms with Gasteiger partial charge in [0.2, 0.25) is 11.8 Å². The minimum Gasteiger partial charge on any atom is -0.485 e. The van der Waals surface area contributed by atoms with Crippen molar-refractivity contribution >= 4 is 34.2 Å². The van der Waals surface area contributed by atoms with E-state index in [1.165, 1.54) is 49.8 Å². The average Bonchev–Trinajstić information content (AvgIpc) is 3.78. The van der Waals surface area contributed by atoms with E-state index in [0.717, 1.165) is 6.07 Å². The van der Waals surface area contributed by atoms with Gasteiger partial charge >= 0.3 is 0 Å². The molecule has 0 bridgehead atoms. The number of carbonyl (C=O) groups excluding carboxylic acids is 2. The van der Waals surface area contributed by atoms with Crippen LogP contribution in [-0.2, 0) is 14.3 Å². The number of pyridine rings is 3. The van der Waals surface area contributed by atoms with Crippen LogP contribution in [0.5, 0.6) is 23.3 Å². The van der Waals surface area contributed by atoms with Crippen molar-refractivity contribution in [2.24, 2.45) is 5.41 Å². The van der Waals surface area contributed by atoms with Gasteiger partial charge in [-0.1, -0.05) is 0 Å². The molecule has 1 aliphatic rings. The number of hydrogen-bond acceptors (Lipinski definition) is 9. The molecule has 11 nitrogen and oxygen atoms in total. The summed E-state index contributed by atoms with van der Waals surface area (Å²) in [4.78, 5) is 38.4. The van der Waals surface area contributed by atoms with Gasteiger partial charge in [0, 0.05) is 37.2 Å². The number of amides is 2. The van der Waals surface area contributed by atoms with E-state index in [2.05, 4.69) is 25.6 Å². The lowest BCUT2D eigenvalue weighted by atomic mass is 10.0. The van der Waals surface area contributed by atoms with Crippen LogP contribution in [0.3, 0.4) is 0 Å². The van der Waals surface area contributed by atoms with Crippen molar-refractivity contribution in [1.82, 2.24) is 15.0 Å². The Labute approximate surface area is 232 Å². The zero-order valence-corrected chi connectivity index (χ0v) is 22.1. The van der Waals surface area contributed by atoms with Crippen molar-refractivity contribution in [2.45, 2.75) is 12.8 Å². The Hall–Kier alpha value is -4.91. The Morgan fingerprint density at radius 1 is 0.902 bits per heavy atom. The van der Waals surface area contributed by atoms with E-state index in [9.17, 15) is 14.0 Å². The van der Waals surface area contributed by atoms with E-state index in [1.54, 1.807) is 13.2 Å². The van der Waals surface area contributed by atoms with Gasteiger partial charge in [0.15, 0.2) is 17.3 Å². The van der Waals surface area contributed by atoms with Gasteiger partial charge in [-0.25, -0.2) is 18.7 Å². The number of ether oxygens (including phenoxy) is 4. The predicted molar refractivity (Wildman–Crippen MR) is 143 cm³/mol. The molecule has 1 aromatic carbocycles. The van der Waals surface area contributed by atoms with Gasteiger partial charge in [-0.2, -0.15) is 0 Å². The lowest BCUT2D eigenvalue weighted by Crippen LogP contribution is -2.35. The molecule has 0 saturated heterocycles. The largest absolute Gasteiger partial charge is 0.485 e. The number of aromatic nitrogens is 3. The van der Waals surface area contributed by atoms with E-state index in [4.69, 9.17) is 18.9 Å². The van der Waals surface area contributed by atoms with Crippen molar-refractivity contribution in [3.8, 4) is 23.3 Å². The monoisotopic (exact) mass is 565 g/mol. The van der Waals surface area contributed by atoms with Crippen molar-refractivity contribution in [2.75, 3.05) is 38.1 Å². The van der Waals surface area contributed by atoms with Gasteiger partial charge in [0.1, 0.15) is 23.4 Å². The fourth-order valence-corrected chi connectivity index (χ4v) is 3.97. The molecule has 5 rings (SSSR count). The Kier molecular flexibility index (Phi) is 7.88. The molecule has 1 aliphatic carbocycles. The van der Waals surface area contributed by atoms with E-state index in [-0.39, 0.29) is 35.3 Å². The smallest absolute Gasteiger partial charge is 0.257 e. The minimum atomic E-state index is -1.31. The van der Waals surface area contributed by atoms with Crippen LogP contribution in [0.1, 0.15) is 12.8 Å². The second-order valence-corrected chi connectivity index (χ2v) is 9.12. The molecular formula is C28H25F2N5O6. The van der Waals surface area contributed by atoms with Crippen LogP contribution in [0.4, 0.5) is 20.2 Å². The highest BCUT2D eigenvalue weighted by Gasteiger charge is 2.56. The maximum atomic E-state index is 15.0. The molecule has 0 atom stereocenters. The molecule has 41 heavy (non-hydrogen) atoms. The fourth-order valence-electron chi connectivity index (χ4n) is 3.97. The van der Waals surface area contributed by atoms with Crippen LogP contribution >= 0.6 is 0 Å². The van der Waals surface area contributed by atoms with Gasteiger partial charge in [0.05, 0.1) is 31.1 Å². The molecular weight excluding hydrogens is 540 g/mol. The summed E-state index contributed by atoms with van der Waals surface area (Å²) in [6.07, 6.45) is 3.30. The van der Waals surface area contributed by atoms with Crippen LogP contribution < -0.4 is 24.8 Å². The van der Waals surface area contributed by atoms with Crippen LogP contribution in [-0.4, -0.2) is 54.2 Å². The maximum absolute atomic E-state index is 15.0. The zero-order chi connectivity index (χ0) is 29.0. The van der Waals surface area contributed by atoms with Gasteiger partial charge in [-0.3, -0.25) is 14.6 Å². The van der Waals surface area contributed by atoms with E-state index >= 15 is 4.39 Å². The maximum Gasteiger partial charge on any atom is 0.257 e. The van der Waals surface area contributed by atoms with Gasteiger partial charge in [-0.15, -0.1) is 0 Å². The number of nitrogens with one attached hydrogen (secondary N) is 2. The molecule has 0 unspecified atom stereocenters. The Morgan fingerprint density at radius 3 is 2.29 bits per heavy atom. The number of fused-ring (bicyclic) bond motifs is 1. The molecule has 13 heteroatoms. The van der Waals surface area contributed by atoms with Crippen molar-refractivity contribution < 1.29 is 37.3 Å². The molecule has 0 aliphatic heterocycles. The second kappa shape index (κ2) is 11.7. The minimum absolute atomic E-state index is 0.0398. The number of halogens is 2. The van der Waals surface area contributed by atoms with Crippen molar-refractivity contribution in [3.05, 3.63) is 66.5 Å². The lowest BCUT2D eigenvalue weighted by Gasteiger charge is -2.16. The number of rotatable bonds is 11. The predicted octanol–water partition coefficient (Wildman–Crippen LogP) is 4.49. The first-order chi connectivity index (χ1) is 19.8. The molecule has 2 N–H and O–H groups in total. The summed E-state index contributed by atoms with van der Waals surface area (Å²) in [6, 6.07) is 9.34. The number of hydrogen-bond donors (Lipinski definition) is 2. The number of methoxy groups -OCH3 is 2. The average molecular weight is 566 g/mol. The van der Waals surface area contributed by atoms with Crippen LogP contribution in [0.2, 0.25) is 0 Å². The van der Waals surface area contributed by atoms with Gasteiger partial charge in [-0.05, 0) is 37.1 Å². The molecule has 3 heterocycles. The van der Waals surface area contributed by atoms with E-state index in [0.29, 0.717) is 36.4 Å². The quantitative estimate of drug-likeness (QED) is 0.199. The highest BCUT2D eigenvalue weighted by molar-refractivity contribution is 6.16. The number of anilines is 2. The third kappa shape index (κ3) is 5.99. The first kappa shape index (κ1) is 27.6. The Morgan fingerprint density at radius 2 is 1.63 bits per heavy atom. The summed E-state index contributed by atoms with van der Waals surface area (Å²) in [6.45, 7) is 0.637. The fraction of sp³-hybridized carbons (Fsp3) is 0.250. The standard InChI is InChI=1S/C28H25F2N5O6/c1-38-11-12-40-22-14-20-23(35-25(22)39-2)21(7-10-31-20)41-24-19(30)13-18(15-32-24)34-27(37)28(8-9-28)26(36)33-17-5-3-16(29)4-6-17/h3-7,10,13-15H,8-9,11-12H2,1-2H3,(H,33,36)(H,34,37). The molecule has 212 valence electrons. The summed E-state index contributed by atoms with van der Waals surface area (Å²) in [5.74, 6) is -2.13. The third-order valence-corrected chi connectivity index (χ3v) is 6.34. The highest BCUT2D eigenvalue weighted by Crippen LogP contribution is 2.47. The van der Waals surface area contributed by atoms with Crippen LogP contribution in [0.15, 0.2) is 54.9 Å². The first-order valence-electron chi connectivity index (χ1n) is 12.5. The van der Waals surface area contributed by atoms with Crippen molar-refractivity contribution in [1.29, 1.82) is 0 Å². The van der Waals surface area contributed by atoms with Crippen molar-refractivity contribution in [3.63, 3.8) is 0 Å². The van der Waals surface area contributed by atoms with E-state index in [1.807, 2.05) is 0 Å². The summed E-state index contributed by atoms with van der Waals surface area (Å²) in [5, 5.41) is 5.16. The molecule has 0 radical (unpaired) electrons. The topological polar surface area (TPSA) is 134 Å². The first-order valence-corrected chi connectivity index (χ1v) is 12.5. The molecule has 2 amide bonds. The van der Waals surface area contributed by atoms with Gasteiger partial charge < -0.3 is 29.6 Å². The Bertz CT molecular complexity index is 1600. The molecule has 4 aromatic rings. The van der Waals surface area contributed by atoms with E-state index < -0.39 is 28.9 Å². The highest BCUT2D eigenvalue weighted by atomic mass is 19.1. The zero-order valence-electron chi connectivity index (χ0n) is 22.1. The lowest BCUT2D eigenvalue weighted by molar-refractivity contribution is -0.131. The number of carbonyl (C=O) groups is 2.